The molecular weight excluding hydrogens is 246 g/mol. The van der Waals surface area contributed by atoms with Crippen LogP contribution in [-0.2, 0) is 14.4 Å². The van der Waals surface area contributed by atoms with Crippen LogP contribution in [0, 0.1) is 5.41 Å². The molecule has 0 aromatic heterocycles. The Kier molecular flexibility index (Phi) is 3.38. The number of nitrogens with one attached hydrogen (secondary N) is 2. The van der Waals surface area contributed by atoms with Crippen LogP contribution < -0.4 is 10.6 Å². The van der Waals surface area contributed by atoms with Crippen LogP contribution in [0.1, 0.15) is 33.6 Å². The molecular formula is C13H21N3O3. The Bertz CT molecular complexity index is 425. The molecule has 0 unspecified atom stereocenters. The van der Waals surface area contributed by atoms with Gasteiger partial charge in [-0.05, 0) is 39.8 Å². The number of carbonyl (C=O) groups excluding carboxylic acids is 3. The van der Waals surface area contributed by atoms with Gasteiger partial charge in [-0.3, -0.25) is 19.7 Å². The van der Waals surface area contributed by atoms with Crippen molar-refractivity contribution in [3.05, 3.63) is 0 Å². The van der Waals surface area contributed by atoms with E-state index in [1.165, 1.54) is 4.90 Å². The molecule has 2 aliphatic heterocycles. The standard InChI is InChI=1S/C13H21N3O3/c1-12(2)10(18)15-9(17)8-16(12)11(19)13(3)4-6-14-7-5-13/h14H,4-8H2,1-3H3,(H,15,17,18). The molecule has 0 saturated carbocycles. The van der Waals surface area contributed by atoms with Gasteiger partial charge in [0.25, 0.3) is 5.91 Å². The Labute approximate surface area is 112 Å². The molecule has 19 heavy (non-hydrogen) atoms. The lowest BCUT2D eigenvalue weighted by Gasteiger charge is -2.45. The molecule has 6 heteroatoms. The molecule has 0 aliphatic carbocycles. The molecule has 2 heterocycles. The highest BCUT2D eigenvalue weighted by Crippen LogP contribution is 2.33. The monoisotopic (exact) mass is 267 g/mol. The van der Waals surface area contributed by atoms with Gasteiger partial charge in [0.2, 0.25) is 11.8 Å². The van der Waals surface area contributed by atoms with Crippen molar-refractivity contribution >= 4 is 17.7 Å². The summed E-state index contributed by atoms with van der Waals surface area (Å²) in [5.41, 5.74) is -1.46. The molecule has 0 aromatic carbocycles. The number of amides is 3. The van der Waals surface area contributed by atoms with Crippen LogP contribution in [0.4, 0.5) is 0 Å². The molecule has 0 aromatic rings. The Hall–Kier alpha value is -1.43. The third-order valence-electron chi connectivity index (χ3n) is 4.25. The van der Waals surface area contributed by atoms with Gasteiger partial charge < -0.3 is 10.2 Å². The Balaban J connectivity index is 2.25. The predicted octanol–water partition coefficient (Wildman–Crippen LogP) is -0.360. The van der Waals surface area contributed by atoms with Gasteiger partial charge in [0.15, 0.2) is 0 Å². The van der Waals surface area contributed by atoms with E-state index in [-0.39, 0.29) is 12.5 Å². The van der Waals surface area contributed by atoms with Crippen molar-refractivity contribution in [1.82, 2.24) is 15.5 Å². The minimum absolute atomic E-state index is 0.0411. The van der Waals surface area contributed by atoms with E-state index < -0.39 is 22.8 Å². The normalized spacial score (nSPS) is 25.9. The van der Waals surface area contributed by atoms with E-state index in [1.807, 2.05) is 6.92 Å². The predicted molar refractivity (Wildman–Crippen MR) is 69.2 cm³/mol. The third kappa shape index (κ3) is 2.36. The zero-order valence-electron chi connectivity index (χ0n) is 11.7. The fraction of sp³-hybridized carbons (Fsp3) is 0.769. The fourth-order valence-corrected chi connectivity index (χ4v) is 2.63. The van der Waals surface area contributed by atoms with Crippen LogP contribution >= 0.6 is 0 Å². The molecule has 2 aliphatic rings. The van der Waals surface area contributed by atoms with Crippen LogP contribution in [0.2, 0.25) is 0 Å². The molecule has 2 N–H and O–H groups in total. The highest BCUT2D eigenvalue weighted by Gasteiger charge is 2.48. The SMILES string of the molecule is CC1(C(=O)N2CC(=O)NC(=O)C2(C)C)CCNCC1. The average molecular weight is 267 g/mol. The summed E-state index contributed by atoms with van der Waals surface area (Å²) in [5, 5.41) is 5.50. The van der Waals surface area contributed by atoms with Gasteiger partial charge in [-0.25, -0.2) is 0 Å². The first-order valence-electron chi connectivity index (χ1n) is 6.64. The van der Waals surface area contributed by atoms with E-state index >= 15 is 0 Å². The number of piperidine rings is 1. The van der Waals surface area contributed by atoms with E-state index in [9.17, 15) is 14.4 Å². The molecule has 2 saturated heterocycles. The fourth-order valence-electron chi connectivity index (χ4n) is 2.63. The summed E-state index contributed by atoms with van der Waals surface area (Å²) in [5.74, 6) is -0.910. The Morgan fingerprint density at radius 2 is 1.74 bits per heavy atom. The first-order valence-corrected chi connectivity index (χ1v) is 6.64. The molecule has 106 valence electrons. The van der Waals surface area contributed by atoms with Crippen LogP contribution in [0.25, 0.3) is 0 Å². The summed E-state index contributed by atoms with van der Waals surface area (Å²) in [7, 11) is 0. The minimum Gasteiger partial charge on any atom is -0.319 e. The topological polar surface area (TPSA) is 78.5 Å². The van der Waals surface area contributed by atoms with Gasteiger partial charge in [-0.2, -0.15) is 0 Å². The maximum atomic E-state index is 12.7. The lowest BCUT2D eigenvalue weighted by atomic mass is 9.78. The van der Waals surface area contributed by atoms with E-state index in [2.05, 4.69) is 10.6 Å². The Morgan fingerprint density at radius 1 is 1.16 bits per heavy atom. The lowest BCUT2D eigenvalue weighted by molar-refractivity contribution is -0.161. The second kappa shape index (κ2) is 4.59. The summed E-state index contributed by atoms with van der Waals surface area (Å²) < 4.78 is 0. The van der Waals surface area contributed by atoms with Crippen LogP contribution in [-0.4, -0.2) is 47.8 Å². The third-order valence-corrected chi connectivity index (χ3v) is 4.25. The van der Waals surface area contributed by atoms with Crippen molar-refractivity contribution in [1.29, 1.82) is 0 Å². The second-order valence-corrected chi connectivity index (χ2v) is 6.14. The first kappa shape index (κ1) is 14.0. The quantitative estimate of drug-likeness (QED) is 0.636. The number of hydrogen-bond acceptors (Lipinski definition) is 4. The van der Waals surface area contributed by atoms with Crippen molar-refractivity contribution in [2.24, 2.45) is 5.41 Å². The molecule has 0 radical (unpaired) electrons. The highest BCUT2D eigenvalue weighted by molar-refractivity contribution is 6.06. The number of nitrogens with zero attached hydrogens (tertiary/aromatic N) is 1. The molecule has 0 spiro atoms. The van der Waals surface area contributed by atoms with Gasteiger partial charge in [0.1, 0.15) is 12.1 Å². The van der Waals surface area contributed by atoms with Gasteiger partial charge in [0.05, 0.1) is 0 Å². The van der Waals surface area contributed by atoms with Crippen molar-refractivity contribution < 1.29 is 14.4 Å². The Morgan fingerprint density at radius 3 is 2.32 bits per heavy atom. The smallest absolute Gasteiger partial charge is 0.252 e. The minimum atomic E-state index is -0.973. The molecule has 0 bridgehead atoms. The molecule has 3 amide bonds. The molecule has 0 atom stereocenters. The van der Waals surface area contributed by atoms with E-state index in [0.717, 1.165) is 25.9 Å². The van der Waals surface area contributed by atoms with Crippen molar-refractivity contribution in [2.75, 3.05) is 19.6 Å². The summed E-state index contributed by atoms with van der Waals surface area (Å²) in [4.78, 5) is 37.6. The number of imide groups is 1. The number of piperazine rings is 1. The zero-order chi connectivity index (χ0) is 14.3. The first-order chi connectivity index (χ1) is 8.77. The largest absolute Gasteiger partial charge is 0.319 e. The maximum Gasteiger partial charge on any atom is 0.252 e. The van der Waals surface area contributed by atoms with Crippen molar-refractivity contribution in [3.63, 3.8) is 0 Å². The average Bonchev–Trinajstić information content (AvgIpc) is 2.34. The number of carbonyl (C=O) groups is 3. The zero-order valence-corrected chi connectivity index (χ0v) is 11.7. The molecule has 2 fully saturated rings. The summed E-state index contributed by atoms with van der Waals surface area (Å²) in [6, 6.07) is 0. The van der Waals surface area contributed by atoms with Crippen molar-refractivity contribution in [3.8, 4) is 0 Å². The van der Waals surface area contributed by atoms with Crippen LogP contribution in [0.3, 0.4) is 0 Å². The van der Waals surface area contributed by atoms with Crippen molar-refractivity contribution in [2.45, 2.75) is 39.2 Å². The molecule has 6 nitrogen and oxygen atoms in total. The van der Waals surface area contributed by atoms with E-state index in [1.54, 1.807) is 13.8 Å². The van der Waals surface area contributed by atoms with Gasteiger partial charge in [-0.15, -0.1) is 0 Å². The molecule has 2 rings (SSSR count). The van der Waals surface area contributed by atoms with Crippen LogP contribution in [0.15, 0.2) is 0 Å². The van der Waals surface area contributed by atoms with Crippen LogP contribution in [0.5, 0.6) is 0 Å². The summed E-state index contributed by atoms with van der Waals surface area (Å²) in [6.45, 7) is 6.81. The van der Waals surface area contributed by atoms with Gasteiger partial charge in [-0.1, -0.05) is 6.92 Å². The maximum absolute atomic E-state index is 12.7. The summed E-state index contributed by atoms with van der Waals surface area (Å²) in [6.07, 6.45) is 1.46. The highest BCUT2D eigenvalue weighted by atomic mass is 16.2. The summed E-state index contributed by atoms with van der Waals surface area (Å²) >= 11 is 0. The van der Waals surface area contributed by atoms with Gasteiger partial charge >= 0.3 is 0 Å². The number of rotatable bonds is 1. The van der Waals surface area contributed by atoms with E-state index in [0.29, 0.717) is 0 Å². The number of hydrogen-bond donors (Lipinski definition) is 2. The second-order valence-electron chi connectivity index (χ2n) is 6.14. The van der Waals surface area contributed by atoms with E-state index in [4.69, 9.17) is 0 Å². The lowest BCUT2D eigenvalue weighted by Crippen LogP contribution is -2.67. The van der Waals surface area contributed by atoms with Gasteiger partial charge in [0, 0.05) is 5.41 Å².